The fourth-order valence-corrected chi connectivity index (χ4v) is 1.43. The number of rotatable bonds is 6. The van der Waals surface area contributed by atoms with Crippen LogP contribution >= 0.6 is 0 Å². The van der Waals surface area contributed by atoms with Crippen molar-refractivity contribution < 1.29 is 0 Å². The van der Waals surface area contributed by atoms with Crippen LogP contribution in [0.5, 0.6) is 0 Å². The molecule has 18 heavy (non-hydrogen) atoms. The van der Waals surface area contributed by atoms with E-state index in [0.29, 0.717) is 0 Å². The van der Waals surface area contributed by atoms with Gasteiger partial charge in [0.15, 0.2) is 0 Å². The Hall–Kier alpha value is -1.76. The molecule has 0 aliphatic carbocycles. The van der Waals surface area contributed by atoms with E-state index < -0.39 is 0 Å². The molecule has 0 aliphatic rings. The molecule has 1 heteroatoms. The maximum absolute atomic E-state index is 5.52. The number of hydrogen-bond acceptors (Lipinski definition) is 1. The Bertz CT molecular complexity index is 415. The van der Waals surface area contributed by atoms with E-state index in [4.69, 9.17) is 5.73 Å². The van der Waals surface area contributed by atoms with Gasteiger partial charge in [-0.1, -0.05) is 48.6 Å². The van der Waals surface area contributed by atoms with Gasteiger partial charge in [-0.2, -0.15) is 0 Å². The van der Waals surface area contributed by atoms with Crippen molar-refractivity contribution in [2.75, 3.05) is 0 Å². The van der Waals surface area contributed by atoms with Crippen LogP contribution in [0, 0.1) is 0 Å². The largest absolute Gasteiger partial charge is 0.404 e. The highest BCUT2D eigenvalue weighted by Gasteiger charge is 2.00. The molecule has 1 nitrogen and oxygen atoms in total. The van der Waals surface area contributed by atoms with Gasteiger partial charge in [-0.25, -0.2) is 0 Å². The van der Waals surface area contributed by atoms with Gasteiger partial charge in [0.25, 0.3) is 0 Å². The first-order chi connectivity index (χ1) is 8.51. The summed E-state index contributed by atoms with van der Waals surface area (Å²) in [7, 11) is 0. The van der Waals surface area contributed by atoms with Crippen LogP contribution in [-0.2, 0) is 0 Å². The van der Waals surface area contributed by atoms with Crippen LogP contribution in [0.2, 0.25) is 0 Å². The van der Waals surface area contributed by atoms with E-state index in [1.807, 2.05) is 45.1 Å². The van der Waals surface area contributed by atoms with Gasteiger partial charge in [-0.3, -0.25) is 0 Å². The first-order valence-electron chi connectivity index (χ1n) is 6.21. The van der Waals surface area contributed by atoms with Crippen LogP contribution in [0.4, 0.5) is 0 Å². The fourth-order valence-electron chi connectivity index (χ4n) is 1.43. The van der Waals surface area contributed by atoms with E-state index in [9.17, 15) is 0 Å². The van der Waals surface area contributed by atoms with E-state index in [1.165, 1.54) is 11.1 Å². The second-order valence-corrected chi connectivity index (χ2v) is 4.47. The van der Waals surface area contributed by atoms with Crippen molar-refractivity contribution in [3.05, 3.63) is 71.5 Å². The zero-order chi connectivity index (χ0) is 14.0. The molecule has 0 aromatic rings. The lowest BCUT2D eigenvalue weighted by molar-refractivity contribution is 1.11. The normalized spacial score (nSPS) is 14.8. The summed E-state index contributed by atoms with van der Waals surface area (Å²) in [4.78, 5) is 0. The predicted octanol–water partition coefficient (Wildman–Crippen LogP) is 4.82. The van der Waals surface area contributed by atoms with Gasteiger partial charge in [-0.05, 0) is 57.0 Å². The van der Waals surface area contributed by atoms with Crippen molar-refractivity contribution in [2.45, 2.75) is 34.1 Å². The third-order valence-electron chi connectivity index (χ3n) is 2.42. The lowest BCUT2D eigenvalue weighted by Crippen LogP contribution is -1.90. The van der Waals surface area contributed by atoms with E-state index >= 15 is 0 Å². The molecule has 0 aromatic heterocycles. The summed E-state index contributed by atoms with van der Waals surface area (Å²) in [6, 6.07) is 0. The minimum atomic E-state index is 0.880. The van der Waals surface area contributed by atoms with Crippen LogP contribution in [-0.4, -0.2) is 0 Å². The molecule has 0 bridgehead atoms. The Balaban J connectivity index is 5.07. The van der Waals surface area contributed by atoms with Crippen molar-refractivity contribution in [3.63, 3.8) is 0 Å². The summed E-state index contributed by atoms with van der Waals surface area (Å²) in [6.45, 7) is 12.1. The minimum absolute atomic E-state index is 0.880. The second kappa shape index (κ2) is 9.29. The van der Waals surface area contributed by atoms with Gasteiger partial charge in [0.1, 0.15) is 0 Å². The van der Waals surface area contributed by atoms with E-state index in [2.05, 4.69) is 25.7 Å². The monoisotopic (exact) mass is 243 g/mol. The molecule has 0 fully saturated rings. The highest BCUT2D eigenvalue weighted by atomic mass is 14.5. The lowest BCUT2D eigenvalue weighted by Gasteiger charge is -2.08. The smallest absolute Gasteiger partial charge is 0.00324 e. The maximum atomic E-state index is 5.52. The van der Waals surface area contributed by atoms with Gasteiger partial charge in [0, 0.05) is 0 Å². The fraction of sp³-hybridized carbons (Fsp3) is 0.294. The summed E-state index contributed by atoms with van der Waals surface area (Å²) in [5.41, 5.74) is 10.2. The Morgan fingerprint density at radius 1 is 1.11 bits per heavy atom. The molecule has 0 radical (unpaired) electrons. The van der Waals surface area contributed by atoms with Crippen LogP contribution in [0.1, 0.15) is 34.1 Å². The molecule has 0 saturated carbocycles. The Morgan fingerprint density at radius 3 is 2.28 bits per heavy atom. The average Bonchev–Trinajstić information content (AvgIpc) is 2.32. The minimum Gasteiger partial charge on any atom is -0.404 e. The Morgan fingerprint density at radius 2 is 1.78 bits per heavy atom. The lowest BCUT2D eigenvalue weighted by atomic mass is 9.98. The molecule has 0 heterocycles. The SMILES string of the molecule is C=C(C)CC(=C\C(C)=C/N)/C(C)=C/C=C\C=C/C. The molecule has 0 unspecified atom stereocenters. The van der Waals surface area contributed by atoms with E-state index in [-0.39, 0.29) is 0 Å². The van der Waals surface area contributed by atoms with E-state index in [1.54, 1.807) is 6.20 Å². The van der Waals surface area contributed by atoms with Gasteiger partial charge < -0.3 is 5.73 Å². The summed E-state index contributed by atoms with van der Waals surface area (Å²) < 4.78 is 0. The van der Waals surface area contributed by atoms with Crippen LogP contribution in [0.3, 0.4) is 0 Å². The standard InChI is InChI=1S/C17H25N/c1-6-7-8-9-10-16(5)17(11-14(2)3)12-15(4)13-18/h6-10,12-13H,2,11,18H2,1,3-5H3/b7-6-,9-8-,15-13-,16-10+,17-12+. The molecule has 98 valence electrons. The topological polar surface area (TPSA) is 26.0 Å². The van der Waals surface area contributed by atoms with Crippen LogP contribution < -0.4 is 5.73 Å². The molecular formula is C17H25N. The van der Waals surface area contributed by atoms with Crippen LogP contribution in [0.15, 0.2) is 71.5 Å². The van der Waals surface area contributed by atoms with Crippen LogP contribution in [0.25, 0.3) is 0 Å². The summed E-state index contributed by atoms with van der Waals surface area (Å²) >= 11 is 0. The third-order valence-corrected chi connectivity index (χ3v) is 2.42. The summed E-state index contributed by atoms with van der Waals surface area (Å²) in [5, 5.41) is 0. The van der Waals surface area contributed by atoms with Crippen molar-refractivity contribution >= 4 is 0 Å². The van der Waals surface area contributed by atoms with Crippen molar-refractivity contribution in [3.8, 4) is 0 Å². The first-order valence-corrected chi connectivity index (χ1v) is 6.21. The van der Waals surface area contributed by atoms with Gasteiger partial charge in [-0.15, -0.1) is 0 Å². The van der Waals surface area contributed by atoms with Gasteiger partial charge in [0.05, 0.1) is 0 Å². The zero-order valence-corrected chi connectivity index (χ0v) is 12.0. The summed E-state index contributed by atoms with van der Waals surface area (Å²) in [5.74, 6) is 0. The maximum Gasteiger partial charge on any atom is -0.00324 e. The highest BCUT2D eigenvalue weighted by Crippen LogP contribution is 2.19. The molecule has 0 saturated heterocycles. The third kappa shape index (κ3) is 7.50. The molecule has 0 aliphatic heterocycles. The highest BCUT2D eigenvalue weighted by molar-refractivity contribution is 5.39. The number of allylic oxidation sites excluding steroid dienone is 10. The summed E-state index contributed by atoms with van der Waals surface area (Å²) in [6.07, 6.45) is 14.8. The molecule has 2 N–H and O–H groups in total. The second-order valence-electron chi connectivity index (χ2n) is 4.47. The van der Waals surface area contributed by atoms with Crippen molar-refractivity contribution in [2.24, 2.45) is 5.73 Å². The quantitative estimate of drug-likeness (QED) is 0.525. The molecule has 0 spiro atoms. The number of hydrogen-bond donors (Lipinski definition) is 1. The van der Waals surface area contributed by atoms with Crippen molar-refractivity contribution in [1.82, 2.24) is 0 Å². The first kappa shape index (κ1) is 16.2. The van der Waals surface area contributed by atoms with Gasteiger partial charge >= 0.3 is 0 Å². The number of nitrogens with two attached hydrogens (primary N) is 1. The van der Waals surface area contributed by atoms with Crippen molar-refractivity contribution in [1.29, 1.82) is 0 Å². The molecule has 0 rings (SSSR count). The van der Waals surface area contributed by atoms with E-state index in [0.717, 1.165) is 17.6 Å². The van der Waals surface area contributed by atoms with Gasteiger partial charge in [0.2, 0.25) is 0 Å². The molecule has 0 aromatic carbocycles. The Labute approximate surface area is 112 Å². The molecule has 0 atom stereocenters. The average molecular weight is 243 g/mol. The Kier molecular flexibility index (Phi) is 8.38. The molecule has 0 amide bonds. The molecular weight excluding hydrogens is 218 g/mol. The zero-order valence-electron chi connectivity index (χ0n) is 12.0. The predicted molar refractivity (Wildman–Crippen MR) is 83.2 cm³/mol.